The Labute approximate surface area is 119 Å². The molecule has 0 fully saturated rings. The Kier molecular flexibility index (Phi) is 6.01. The number of nitrogens with two attached hydrogens (primary N) is 1. The largest absolute Gasteiger partial charge is 0.493 e. The van der Waals surface area contributed by atoms with E-state index < -0.39 is 11.8 Å². The first-order chi connectivity index (χ1) is 9.04. The van der Waals surface area contributed by atoms with Crippen LogP contribution in [0.15, 0.2) is 27.8 Å². The van der Waals surface area contributed by atoms with Crippen molar-refractivity contribution in [3.05, 3.63) is 28.2 Å². The van der Waals surface area contributed by atoms with Gasteiger partial charge < -0.3 is 10.5 Å². The van der Waals surface area contributed by atoms with Crippen LogP contribution in [0.4, 0.5) is 0 Å². The maximum absolute atomic E-state index is 10.9. The van der Waals surface area contributed by atoms with Crippen LogP contribution >= 0.6 is 15.9 Å². The van der Waals surface area contributed by atoms with Gasteiger partial charge in [-0.1, -0.05) is 22.9 Å². The maximum Gasteiger partial charge on any atom is 0.329 e. The number of primary amides is 1. The summed E-state index contributed by atoms with van der Waals surface area (Å²) in [6.45, 7) is 2.58. The Balaban J connectivity index is 2.80. The second kappa shape index (κ2) is 7.52. The monoisotopic (exact) mass is 327 g/mol. The lowest BCUT2D eigenvalue weighted by Crippen LogP contribution is -2.32. The van der Waals surface area contributed by atoms with Crippen LogP contribution in [0.5, 0.6) is 5.75 Å². The van der Waals surface area contributed by atoms with Crippen LogP contribution in [0.25, 0.3) is 0 Å². The molecule has 0 aliphatic carbocycles. The first-order valence-electron chi connectivity index (χ1n) is 5.59. The summed E-state index contributed by atoms with van der Waals surface area (Å²) >= 11 is 3.33. The lowest BCUT2D eigenvalue weighted by atomic mass is 10.2. The molecule has 102 valence electrons. The fourth-order valence-electron chi connectivity index (χ4n) is 1.18. The van der Waals surface area contributed by atoms with Crippen LogP contribution in [-0.4, -0.2) is 24.6 Å². The Hall–Kier alpha value is -1.89. The molecule has 0 spiro atoms. The molecular formula is C12H14BrN3O3. The van der Waals surface area contributed by atoms with Crippen molar-refractivity contribution >= 4 is 34.0 Å². The van der Waals surface area contributed by atoms with Gasteiger partial charge in [0.15, 0.2) is 0 Å². The number of benzene rings is 1. The van der Waals surface area contributed by atoms with Crippen molar-refractivity contribution < 1.29 is 14.3 Å². The first kappa shape index (κ1) is 15.2. The third-order valence-corrected chi connectivity index (χ3v) is 2.52. The van der Waals surface area contributed by atoms with Crippen LogP contribution in [-0.2, 0) is 9.59 Å². The van der Waals surface area contributed by atoms with Gasteiger partial charge in [-0.2, -0.15) is 5.10 Å². The molecule has 0 saturated carbocycles. The fraction of sp³-hybridized carbons (Fsp3) is 0.250. The summed E-state index contributed by atoms with van der Waals surface area (Å²) in [6.07, 6.45) is 2.27. The van der Waals surface area contributed by atoms with E-state index in [1.54, 1.807) is 12.1 Å². The highest BCUT2D eigenvalue weighted by molar-refractivity contribution is 9.10. The molecule has 0 aromatic heterocycles. The first-order valence-corrected chi connectivity index (χ1v) is 6.39. The van der Waals surface area contributed by atoms with Gasteiger partial charge in [-0.15, -0.1) is 0 Å². The molecule has 0 aliphatic heterocycles. The Morgan fingerprint density at radius 1 is 1.53 bits per heavy atom. The van der Waals surface area contributed by atoms with Crippen molar-refractivity contribution in [2.75, 3.05) is 6.61 Å². The quantitative estimate of drug-likeness (QED) is 0.483. The molecule has 2 amide bonds. The van der Waals surface area contributed by atoms with Crippen molar-refractivity contribution in [1.29, 1.82) is 0 Å². The van der Waals surface area contributed by atoms with E-state index in [1.807, 2.05) is 18.4 Å². The molecule has 0 atom stereocenters. The van der Waals surface area contributed by atoms with Gasteiger partial charge >= 0.3 is 11.8 Å². The third-order valence-electron chi connectivity index (χ3n) is 2.03. The van der Waals surface area contributed by atoms with Crippen LogP contribution in [0.3, 0.4) is 0 Å². The lowest BCUT2D eigenvalue weighted by Gasteiger charge is -2.08. The van der Waals surface area contributed by atoms with Crippen LogP contribution < -0.4 is 15.9 Å². The summed E-state index contributed by atoms with van der Waals surface area (Å²) in [6, 6.07) is 5.41. The molecule has 3 N–H and O–H groups in total. The highest BCUT2D eigenvalue weighted by Crippen LogP contribution is 2.21. The number of ether oxygens (including phenoxy) is 1. The van der Waals surface area contributed by atoms with Crippen LogP contribution in [0.1, 0.15) is 18.9 Å². The number of carbonyl (C=O) groups is 2. The molecule has 1 aromatic carbocycles. The third kappa shape index (κ3) is 5.09. The van der Waals surface area contributed by atoms with E-state index in [4.69, 9.17) is 10.5 Å². The minimum Gasteiger partial charge on any atom is -0.493 e. The van der Waals surface area contributed by atoms with Gasteiger partial charge in [-0.25, -0.2) is 5.43 Å². The number of amides is 2. The van der Waals surface area contributed by atoms with Crippen LogP contribution in [0.2, 0.25) is 0 Å². The van der Waals surface area contributed by atoms with Crippen molar-refractivity contribution in [2.45, 2.75) is 13.3 Å². The van der Waals surface area contributed by atoms with Crippen molar-refractivity contribution in [3.8, 4) is 5.75 Å². The average Bonchev–Trinajstić information content (AvgIpc) is 2.37. The number of halogens is 1. The molecule has 19 heavy (non-hydrogen) atoms. The van der Waals surface area contributed by atoms with E-state index >= 15 is 0 Å². The molecule has 0 bridgehead atoms. The predicted octanol–water partition coefficient (Wildman–Crippen LogP) is 1.17. The Bertz CT molecular complexity index is 503. The van der Waals surface area contributed by atoms with Gasteiger partial charge in [-0.3, -0.25) is 9.59 Å². The molecule has 0 unspecified atom stereocenters. The molecule has 6 nitrogen and oxygen atoms in total. The number of hydrogen-bond donors (Lipinski definition) is 2. The predicted molar refractivity (Wildman–Crippen MR) is 74.9 cm³/mol. The average molecular weight is 328 g/mol. The van der Waals surface area contributed by atoms with Gasteiger partial charge in [0.25, 0.3) is 0 Å². The number of hydrazone groups is 1. The topological polar surface area (TPSA) is 93.8 Å². The van der Waals surface area contributed by atoms with Crippen molar-refractivity contribution in [1.82, 2.24) is 5.43 Å². The Morgan fingerprint density at radius 3 is 2.89 bits per heavy atom. The summed E-state index contributed by atoms with van der Waals surface area (Å²) in [4.78, 5) is 21.4. The Morgan fingerprint density at radius 2 is 2.26 bits per heavy atom. The van der Waals surface area contributed by atoms with Gasteiger partial charge in [0.2, 0.25) is 0 Å². The zero-order valence-electron chi connectivity index (χ0n) is 10.4. The van der Waals surface area contributed by atoms with E-state index in [-0.39, 0.29) is 0 Å². The van der Waals surface area contributed by atoms with Gasteiger partial charge in [0, 0.05) is 10.0 Å². The maximum atomic E-state index is 10.9. The summed E-state index contributed by atoms with van der Waals surface area (Å²) in [5, 5.41) is 3.65. The zero-order chi connectivity index (χ0) is 14.3. The molecule has 0 radical (unpaired) electrons. The molecule has 1 aromatic rings. The fourth-order valence-corrected chi connectivity index (χ4v) is 1.56. The summed E-state index contributed by atoms with van der Waals surface area (Å²) < 4.78 is 6.38. The zero-order valence-corrected chi connectivity index (χ0v) is 11.9. The molecule has 1 rings (SSSR count). The number of rotatable bonds is 5. The van der Waals surface area contributed by atoms with Gasteiger partial charge in [0.05, 0.1) is 12.8 Å². The van der Waals surface area contributed by atoms with Crippen molar-refractivity contribution in [2.24, 2.45) is 10.8 Å². The van der Waals surface area contributed by atoms with E-state index in [0.29, 0.717) is 17.9 Å². The smallest absolute Gasteiger partial charge is 0.329 e. The van der Waals surface area contributed by atoms with Crippen LogP contribution in [0, 0.1) is 0 Å². The standard InChI is InChI=1S/C12H14BrN3O3/c1-2-5-19-10-4-3-9(13)6-8(10)7-15-16-12(18)11(14)17/h3-4,6-7H,2,5H2,1H3,(H2,14,17)(H,16,18)/b15-7-. The summed E-state index contributed by atoms with van der Waals surface area (Å²) in [5.74, 6) is -1.42. The van der Waals surface area contributed by atoms with E-state index in [2.05, 4.69) is 21.0 Å². The van der Waals surface area contributed by atoms with E-state index in [0.717, 1.165) is 10.9 Å². The minimum atomic E-state index is -1.09. The molecule has 7 heteroatoms. The lowest BCUT2D eigenvalue weighted by molar-refractivity contribution is -0.137. The molecule has 0 heterocycles. The normalized spacial score (nSPS) is 10.4. The van der Waals surface area contributed by atoms with Gasteiger partial charge in [-0.05, 0) is 24.6 Å². The second-order valence-electron chi connectivity index (χ2n) is 3.59. The number of nitrogens with one attached hydrogen (secondary N) is 1. The summed E-state index contributed by atoms with van der Waals surface area (Å²) in [5.41, 5.74) is 7.47. The molecule has 0 saturated heterocycles. The molecular weight excluding hydrogens is 314 g/mol. The highest BCUT2D eigenvalue weighted by Gasteiger charge is 2.06. The minimum absolute atomic E-state index is 0.579. The summed E-state index contributed by atoms with van der Waals surface area (Å²) in [7, 11) is 0. The van der Waals surface area contributed by atoms with E-state index in [9.17, 15) is 9.59 Å². The number of nitrogens with zero attached hydrogens (tertiary/aromatic N) is 1. The molecule has 0 aliphatic rings. The SMILES string of the molecule is CCCOc1ccc(Br)cc1/C=N\NC(=O)C(N)=O. The van der Waals surface area contributed by atoms with Crippen molar-refractivity contribution in [3.63, 3.8) is 0 Å². The highest BCUT2D eigenvalue weighted by atomic mass is 79.9. The second-order valence-corrected chi connectivity index (χ2v) is 4.51. The number of hydrogen-bond acceptors (Lipinski definition) is 4. The van der Waals surface area contributed by atoms with Gasteiger partial charge in [0.1, 0.15) is 5.75 Å². The van der Waals surface area contributed by atoms with E-state index in [1.165, 1.54) is 6.21 Å². The number of carbonyl (C=O) groups excluding carboxylic acids is 2.